The minimum absolute atomic E-state index is 0.640. The number of hydrogen-bond acceptors (Lipinski definition) is 2. The SMILES string of the molecule is Cc1cccc(NC2(C(=O)O)CCC(C(C)C)CC2)c1. The molecule has 3 heteroatoms. The first-order valence-electron chi connectivity index (χ1n) is 7.51. The third-order valence-electron chi connectivity index (χ3n) is 4.64. The van der Waals surface area contributed by atoms with Crippen molar-refractivity contribution < 1.29 is 9.90 Å². The molecule has 0 unspecified atom stereocenters. The van der Waals surface area contributed by atoms with E-state index in [9.17, 15) is 9.90 Å². The van der Waals surface area contributed by atoms with E-state index in [1.165, 1.54) is 0 Å². The van der Waals surface area contributed by atoms with E-state index in [0.717, 1.165) is 24.1 Å². The van der Waals surface area contributed by atoms with Gasteiger partial charge in [0, 0.05) is 5.69 Å². The lowest BCUT2D eigenvalue weighted by atomic mass is 9.72. The first-order chi connectivity index (χ1) is 9.43. The fraction of sp³-hybridized carbons (Fsp3) is 0.588. The predicted octanol–water partition coefficient (Wildman–Crippen LogP) is 4.08. The molecular formula is C17H25NO2. The van der Waals surface area contributed by atoms with E-state index >= 15 is 0 Å². The molecule has 0 radical (unpaired) electrons. The molecule has 0 amide bonds. The van der Waals surface area contributed by atoms with Crippen molar-refractivity contribution in [2.75, 3.05) is 5.32 Å². The number of carboxylic acids is 1. The van der Waals surface area contributed by atoms with Gasteiger partial charge in [0.1, 0.15) is 5.54 Å². The van der Waals surface area contributed by atoms with Crippen LogP contribution in [0.1, 0.15) is 45.1 Å². The molecule has 3 nitrogen and oxygen atoms in total. The number of anilines is 1. The third-order valence-corrected chi connectivity index (χ3v) is 4.64. The Morgan fingerprint density at radius 1 is 1.35 bits per heavy atom. The highest BCUT2D eigenvalue weighted by Gasteiger charge is 2.42. The fourth-order valence-corrected chi connectivity index (χ4v) is 3.19. The Morgan fingerprint density at radius 2 is 2.00 bits per heavy atom. The summed E-state index contributed by atoms with van der Waals surface area (Å²) in [6, 6.07) is 7.95. The van der Waals surface area contributed by atoms with E-state index in [2.05, 4.69) is 19.2 Å². The third kappa shape index (κ3) is 3.14. The molecule has 1 aliphatic rings. The van der Waals surface area contributed by atoms with Gasteiger partial charge in [-0.15, -0.1) is 0 Å². The van der Waals surface area contributed by atoms with E-state index in [1.54, 1.807) is 0 Å². The molecule has 1 saturated carbocycles. The van der Waals surface area contributed by atoms with Gasteiger partial charge in [-0.05, 0) is 62.1 Å². The van der Waals surface area contributed by atoms with Crippen LogP contribution in [0.3, 0.4) is 0 Å². The highest BCUT2D eigenvalue weighted by molar-refractivity contribution is 5.83. The van der Waals surface area contributed by atoms with E-state index in [4.69, 9.17) is 0 Å². The van der Waals surface area contributed by atoms with Crippen molar-refractivity contribution in [3.63, 3.8) is 0 Å². The van der Waals surface area contributed by atoms with Gasteiger partial charge in [0.15, 0.2) is 0 Å². The van der Waals surface area contributed by atoms with Gasteiger partial charge in [-0.1, -0.05) is 26.0 Å². The molecular weight excluding hydrogens is 250 g/mol. The molecule has 1 fully saturated rings. The zero-order valence-corrected chi connectivity index (χ0v) is 12.6. The lowest BCUT2D eigenvalue weighted by Gasteiger charge is -2.39. The Bertz CT molecular complexity index is 474. The van der Waals surface area contributed by atoms with Crippen LogP contribution in [0.2, 0.25) is 0 Å². The quantitative estimate of drug-likeness (QED) is 0.870. The van der Waals surface area contributed by atoms with Crippen molar-refractivity contribution in [1.82, 2.24) is 0 Å². The van der Waals surface area contributed by atoms with Gasteiger partial charge in [0.05, 0.1) is 0 Å². The van der Waals surface area contributed by atoms with Crippen LogP contribution in [0.5, 0.6) is 0 Å². The van der Waals surface area contributed by atoms with Gasteiger partial charge in [-0.25, -0.2) is 4.79 Å². The summed E-state index contributed by atoms with van der Waals surface area (Å²) >= 11 is 0. The number of rotatable bonds is 4. The van der Waals surface area contributed by atoms with E-state index in [-0.39, 0.29) is 0 Å². The lowest BCUT2D eigenvalue weighted by Crippen LogP contribution is -2.49. The Hall–Kier alpha value is -1.51. The van der Waals surface area contributed by atoms with Gasteiger partial charge in [-0.2, -0.15) is 0 Å². The first kappa shape index (κ1) is 14.9. The van der Waals surface area contributed by atoms with Crippen LogP contribution in [0.4, 0.5) is 5.69 Å². The zero-order chi connectivity index (χ0) is 14.8. The number of hydrogen-bond donors (Lipinski definition) is 2. The highest BCUT2D eigenvalue weighted by Crippen LogP contribution is 2.38. The number of benzene rings is 1. The van der Waals surface area contributed by atoms with Crippen LogP contribution < -0.4 is 5.32 Å². The summed E-state index contributed by atoms with van der Waals surface area (Å²) in [4.78, 5) is 11.8. The average molecular weight is 275 g/mol. The van der Waals surface area contributed by atoms with Crippen LogP contribution in [-0.4, -0.2) is 16.6 Å². The van der Waals surface area contributed by atoms with E-state index in [1.807, 2.05) is 31.2 Å². The Labute approximate surface area is 121 Å². The molecule has 1 aromatic carbocycles. The zero-order valence-electron chi connectivity index (χ0n) is 12.6. The molecule has 2 rings (SSSR count). The Morgan fingerprint density at radius 3 is 2.50 bits per heavy atom. The van der Waals surface area contributed by atoms with Crippen molar-refractivity contribution in [3.8, 4) is 0 Å². The highest BCUT2D eigenvalue weighted by atomic mass is 16.4. The molecule has 0 atom stereocenters. The summed E-state index contributed by atoms with van der Waals surface area (Å²) in [7, 11) is 0. The summed E-state index contributed by atoms with van der Waals surface area (Å²) < 4.78 is 0. The second-order valence-corrected chi connectivity index (χ2v) is 6.46. The molecule has 0 aliphatic heterocycles. The van der Waals surface area contributed by atoms with Crippen LogP contribution >= 0.6 is 0 Å². The molecule has 0 heterocycles. The maximum absolute atomic E-state index is 11.8. The van der Waals surface area contributed by atoms with E-state index < -0.39 is 11.5 Å². The molecule has 1 aromatic rings. The first-order valence-corrected chi connectivity index (χ1v) is 7.51. The molecule has 110 valence electrons. The monoisotopic (exact) mass is 275 g/mol. The normalized spacial score (nSPS) is 26.5. The number of carbonyl (C=O) groups is 1. The van der Waals surface area contributed by atoms with Gasteiger partial charge >= 0.3 is 5.97 Å². The minimum Gasteiger partial charge on any atom is -0.480 e. The summed E-state index contributed by atoms with van der Waals surface area (Å²) in [5, 5.41) is 13.0. The van der Waals surface area contributed by atoms with Crippen molar-refractivity contribution >= 4 is 11.7 Å². The van der Waals surface area contributed by atoms with Gasteiger partial charge < -0.3 is 10.4 Å². The predicted molar refractivity (Wildman–Crippen MR) is 82.0 cm³/mol. The van der Waals surface area contributed by atoms with Gasteiger partial charge in [0.2, 0.25) is 0 Å². The second kappa shape index (κ2) is 5.86. The van der Waals surface area contributed by atoms with E-state index in [0.29, 0.717) is 24.7 Å². The smallest absolute Gasteiger partial charge is 0.329 e. The van der Waals surface area contributed by atoms with Crippen LogP contribution in [0, 0.1) is 18.8 Å². The van der Waals surface area contributed by atoms with Gasteiger partial charge in [-0.3, -0.25) is 0 Å². The van der Waals surface area contributed by atoms with Gasteiger partial charge in [0.25, 0.3) is 0 Å². The van der Waals surface area contributed by atoms with Crippen LogP contribution in [0.15, 0.2) is 24.3 Å². The minimum atomic E-state index is -0.792. The van der Waals surface area contributed by atoms with Crippen molar-refractivity contribution in [3.05, 3.63) is 29.8 Å². The number of carboxylic acid groups (broad SMARTS) is 1. The summed E-state index contributed by atoms with van der Waals surface area (Å²) in [6.45, 7) is 6.48. The lowest BCUT2D eigenvalue weighted by molar-refractivity contribution is -0.144. The standard InChI is InChI=1S/C17H25NO2/c1-12(2)14-7-9-17(10-8-14,16(19)20)18-15-6-4-5-13(3)11-15/h4-6,11-12,14,18H,7-10H2,1-3H3,(H,19,20). The molecule has 0 bridgehead atoms. The second-order valence-electron chi connectivity index (χ2n) is 6.46. The molecule has 1 aliphatic carbocycles. The maximum Gasteiger partial charge on any atom is 0.329 e. The summed E-state index contributed by atoms with van der Waals surface area (Å²) in [5.74, 6) is 0.573. The van der Waals surface area contributed by atoms with Crippen LogP contribution in [-0.2, 0) is 4.79 Å². The topological polar surface area (TPSA) is 49.3 Å². The fourth-order valence-electron chi connectivity index (χ4n) is 3.19. The van der Waals surface area contributed by atoms with Crippen molar-refractivity contribution in [1.29, 1.82) is 0 Å². The maximum atomic E-state index is 11.8. The molecule has 2 N–H and O–H groups in total. The number of nitrogens with one attached hydrogen (secondary N) is 1. The number of aliphatic carboxylic acids is 1. The van der Waals surface area contributed by atoms with Crippen molar-refractivity contribution in [2.45, 2.75) is 52.0 Å². The molecule has 0 aromatic heterocycles. The molecule has 0 saturated heterocycles. The van der Waals surface area contributed by atoms with Crippen LogP contribution in [0.25, 0.3) is 0 Å². The molecule has 0 spiro atoms. The average Bonchev–Trinajstić information content (AvgIpc) is 2.39. The molecule has 20 heavy (non-hydrogen) atoms. The van der Waals surface area contributed by atoms with Crippen molar-refractivity contribution in [2.24, 2.45) is 11.8 Å². The Kier molecular flexibility index (Phi) is 4.36. The summed E-state index contributed by atoms with van der Waals surface area (Å²) in [6.07, 6.45) is 3.39. The largest absolute Gasteiger partial charge is 0.480 e. The Balaban J connectivity index is 2.14. The summed E-state index contributed by atoms with van der Waals surface area (Å²) in [5.41, 5.74) is 1.26. The number of aryl methyl sites for hydroxylation is 1.